The number of pyridine rings is 1. The first-order valence-electron chi connectivity index (χ1n) is 5.02. The first kappa shape index (κ1) is 12.8. The van der Waals surface area contributed by atoms with E-state index in [1.165, 1.54) is 11.8 Å². The van der Waals surface area contributed by atoms with Crippen LogP contribution in [0.2, 0.25) is 0 Å². The molecule has 0 saturated carbocycles. The van der Waals surface area contributed by atoms with Crippen LogP contribution in [0.1, 0.15) is 19.0 Å². The van der Waals surface area contributed by atoms with Gasteiger partial charge in [0.2, 0.25) is 0 Å². The predicted octanol–water partition coefficient (Wildman–Crippen LogP) is 2.77. The molecule has 1 rings (SSSR count). The molecular weight excluding hydrogens is 222 g/mol. The summed E-state index contributed by atoms with van der Waals surface area (Å²) in [5, 5.41) is 0.163. The first-order valence-corrected chi connectivity index (χ1v) is 6.01. The Balaban J connectivity index is 2.35. The van der Waals surface area contributed by atoms with Crippen LogP contribution in [0, 0.1) is 0 Å². The van der Waals surface area contributed by atoms with E-state index in [9.17, 15) is 4.79 Å². The predicted molar refractivity (Wildman–Crippen MR) is 67.6 cm³/mol. The molecule has 0 fully saturated rings. The molecule has 4 heteroatoms. The third-order valence-corrected chi connectivity index (χ3v) is 2.72. The van der Waals surface area contributed by atoms with Crippen LogP contribution in [0.25, 0.3) is 6.08 Å². The maximum atomic E-state index is 10.7. The topological polar surface area (TPSA) is 39.2 Å². The van der Waals surface area contributed by atoms with Gasteiger partial charge in [-0.3, -0.25) is 9.78 Å². The van der Waals surface area contributed by atoms with Crippen molar-refractivity contribution in [3.63, 3.8) is 0 Å². The number of ether oxygens (including phenoxy) is 1. The van der Waals surface area contributed by atoms with Crippen LogP contribution in [0.5, 0.6) is 5.75 Å². The lowest BCUT2D eigenvalue weighted by Gasteiger charge is -1.98. The Bertz CT molecular complexity index is 360. The smallest absolute Gasteiger partial charge is 0.185 e. The lowest BCUT2D eigenvalue weighted by molar-refractivity contribution is -0.109. The average molecular weight is 237 g/mol. The zero-order chi connectivity index (χ0) is 11.8. The number of thioether (sulfide) groups is 1. The van der Waals surface area contributed by atoms with Gasteiger partial charge in [-0.1, -0.05) is 17.8 Å². The van der Waals surface area contributed by atoms with Crippen molar-refractivity contribution in [2.45, 2.75) is 13.3 Å². The molecule has 0 unspecified atom stereocenters. The van der Waals surface area contributed by atoms with Crippen molar-refractivity contribution >= 4 is 23.0 Å². The molecule has 86 valence electrons. The number of rotatable bonds is 5. The van der Waals surface area contributed by atoms with Crippen molar-refractivity contribution in [2.24, 2.45) is 0 Å². The number of methoxy groups -OCH3 is 1. The van der Waals surface area contributed by atoms with Crippen LogP contribution in [0.4, 0.5) is 0 Å². The molecule has 1 aromatic rings. The Kier molecular flexibility index (Phi) is 5.64. The Hall–Kier alpha value is -1.29. The van der Waals surface area contributed by atoms with E-state index in [1.54, 1.807) is 20.2 Å². The fourth-order valence-electron chi connectivity index (χ4n) is 1.09. The summed E-state index contributed by atoms with van der Waals surface area (Å²) in [6.45, 7) is 1.58. The van der Waals surface area contributed by atoms with Gasteiger partial charge in [0.05, 0.1) is 19.0 Å². The number of hydrogen-bond donors (Lipinski definition) is 0. The summed E-state index contributed by atoms with van der Waals surface area (Å²) in [6.07, 6.45) is 6.52. The summed E-state index contributed by atoms with van der Waals surface area (Å²) in [6, 6.07) is 3.77. The summed E-state index contributed by atoms with van der Waals surface area (Å²) in [5.74, 6) is 1.58. The molecule has 0 saturated heterocycles. The summed E-state index contributed by atoms with van der Waals surface area (Å²) in [5.41, 5.74) is 0.897. The Labute approximate surface area is 99.9 Å². The van der Waals surface area contributed by atoms with Crippen LogP contribution in [0.15, 0.2) is 24.4 Å². The van der Waals surface area contributed by atoms with Gasteiger partial charge in [0.15, 0.2) is 5.12 Å². The standard InChI is InChI=1S/C12H15NO2S/c1-10(14)16-8-4-3-5-11-6-7-12(15-2)9-13-11/h3,5-7,9H,4,8H2,1-2H3. The monoisotopic (exact) mass is 237 g/mol. The van der Waals surface area contributed by atoms with E-state index in [2.05, 4.69) is 4.98 Å². The first-order chi connectivity index (χ1) is 7.72. The Morgan fingerprint density at radius 2 is 2.38 bits per heavy atom. The van der Waals surface area contributed by atoms with Crippen LogP contribution < -0.4 is 4.74 Å². The van der Waals surface area contributed by atoms with E-state index in [1.807, 2.05) is 24.3 Å². The molecule has 0 radical (unpaired) electrons. The van der Waals surface area contributed by atoms with Crippen molar-refractivity contribution in [2.75, 3.05) is 12.9 Å². The SMILES string of the molecule is COc1ccc(C=CCCSC(C)=O)nc1. The Morgan fingerprint density at radius 1 is 1.56 bits per heavy atom. The van der Waals surface area contributed by atoms with Gasteiger partial charge in [-0.05, 0) is 24.6 Å². The minimum Gasteiger partial charge on any atom is -0.495 e. The largest absolute Gasteiger partial charge is 0.495 e. The van der Waals surface area contributed by atoms with E-state index in [0.29, 0.717) is 0 Å². The fourth-order valence-corrected chi connectivity index (χ4v) is 1.63. The average Bonchev–Trinajstić information content (AvgIpc) is 2.29. The van der Waals surface area contributed by atoms with Gasteiger partial charge in [-0.25, -0.2) is 0 Å². The number of allylic oxidation sites excluding steroid dienone is 1. The minimum atomic E-state index is 0.163. The van der Waals surface area contributed by atoms with Gasteiger partial charge in [0.25, 0.3) is 0 Å². The van der Waals surface area contributed by atoms with Crippen molar-refractivity contribution < 1.29 is 9.53 Å². The second kappa shape index (κ2) is 7.06. The molecule has 0 aliphatic carbocycles. The second-order valence-corrected chi connectivity index (χ2v) is 4.43. The highest BCUT2D eigenvalue weighted by molar-refractivity contribution is 8.13. The van der Waals surface area contributed by atoms with Crippen LogP contribution in [-0.2, 0) is 4.79 Å². The maximum Gasteiger partial charge on any atom is 0.185 e. The third kappa shape index (κ3) is 4.98. The highest BCUT2D eigenvalue weighted by atomic mass is 32.2. The van der Waals surface area contributed by atoms with Gasteiger partial charge in [0, 0.05) is 12.7 Å². The minimum absolute atomic E-state index is 0.163. The quantitative estimate of drug-likeness (QED) is 0.738. The lowest BCUT2D eigenvalue weighted by Crippen LogP contribution is -1.86. The van der Waals surface area contributed by atoms with E-state index < -0.39 is 0 Å². The van der Waals surface area contributed by atoms with Gasteiger partial charge in [-0.2, -0.15) is 0 Å². The number of aromatic nitrogens is 1. The normalized spacial score (nSPS) is 10.6. The summed E-state index contributed by atoms with van der Waals surface area (Å²) < 4.78 is 5.01. The number of hydrogen-bond acceptors (Lipinski definition) is 4. The van der Waals surface area contributed by atoms with Crippen LogP contribution in [0.3, 0.4) is 0 Å². The highest BCUT2D eigenvalue weighted by Crippen LogP contribution is 2.10. The summed E-state index contributed by atoms with van der Waals surface area (Å²) in [7, 11) is 1.62. The summed E-state index contributed by atoms with van der Waals surface area (Å²) >= 11 is 1.34. The van der Waals surface area contributed by atoms with Crippen molar-refractivity contribution in [3.8, 4) is 5.75 Å². The van der Waals surface area contributed by atoms with Gasteiger partial charge in [-0.15, -0.1) is 0 Å². The van der Waals surface area contributed by atoms with Crippen LogP contribution >= 0.6 is 11.8 Å². The van der Waals surface area contributed by atoms with E-state index >= 15 is 0 Å². The zero-order valence-electron chi connectivity index (χ0n) is 9.47. The number of carbonyl (C=O) groups is 1. The van der Waals surface area contributed by atoms with Crippen molar-refractivity contribution in [1.29, 1.82) is 0 Å². The molecule has 0 aromatic carbocycles. The van der Waals surface area contributed by atoms with Crippen molar-refractivity contribution in [3.05, 3.63) is 30.1 Å². The van der Waals surface area contributed by atoms with Gasteiger partial charge >= 0.3 is 0 Å². The highest BCUT2D eigenvalue weighted by Gasteiger charge is 1.93. The molecule has 0 amide bonds. The molecule has 16 heavy (non-hydrogen) atoms. The Morgan fingerprint density at radius 3 is 2.94 bits per heavy atom. The van der Waals surface area contributed by atoms with Gasteiger partial charge in [0.1, 0.15) is 5.75 Å². The second-order valence-electron chi connectivity index (χ2n) is 3.15. The fraction of sp³-hybridized carbons (Fsp3) is 0.333. The third-order valence-electron chi connectivity index (χ3n) is 1.87. The van der Waals surface area contributed by atoms with Gasteiger partial charge < -0.3 is 4.74 Å². The number of nitrogens with zero attached hydrogens (tertiary/aromatic N) is 1. The van der Waals surface area contributed by atoms with E-state index in [4.69, 9.17) is 4.74 Å². The number of carbonyl (C=O) groups excluding carboxylic acids is 1. The molecule has 0 N–H and O–H groups in total. The van der Waals surface area contributed by atoms with E-state index in [0.717, 1.165) is 23.6 Å². The maximum absolute atomic E-state index is 10.7. The van der Waals surface area contributed by atoms with Crippen molar-refractivity contribution in [1.82, 2.24) is 4.98 Å². The van der Waals surface area contributed by atoms with Crippen LogP contribution in [-0.4, -0.2) is 23.0 Å². The molecule has 1 aromatic heterocycles. The molecule has 0 bridgehead atoms. The molecule has 0 atom stereocenters. The lowest BCUT2D eigenvalue weighted by atomic mass is 10.3. The molecular formula is C12H15NO2S. The molecule has 0 aliphatic rings. The summed E-state index contributed by atoms with van der Waals surface area (Å²) in [4.78, 5) is 14.9. The molecule has 3 nitrogen and oxygen atoms in total. The zero-order valence-corrected chi connectivity index (χ0v) is 10.3. The van der Waals surface area contributed by atoms with E-state index in [-0.39, 0.29) is 5.12 Å². The molecule has 1 heterocycles. The molecule has 0 aliphatic heterocycles. The molecule has 0 spiro atoms.